The van der Waals surface area contributed by atoms with Crippen molar-refractivity contribution in [2.75, 3.05) is 11.9 Å². The van der Waals surface area contributed by atoms with Gasteiger partial charge in [0.15, 0.2) is 0 Å². The Bertz CT molecular complexity index is 638. The second-order valence-electron chi connectivity index (χ2n) is 6.99. The van der Waals surface area contributed by atoms with Gasteiger partial charge in [-0.2, -0.15) is 8.78 Å². The highest BCUT2D eigenvalue weighted by molar-refractivity contribution is 6.00. The van der Waals surface area contributed by atoms with Crippen molar-refractivity contribution in [2.24, 2.45) is 17.1 Å². The average molecular weight is 340 g/mol. The zero-order valence-electron chi connectivity index (χ0n) is 13.7. The quantitative estimate of drug-likeness (QED) is 0.884. The molecule has 3 atom stereocenters. The fourth-order valence-electron chi connectivity index (χ4n) is 4.02. The molecule has 24 heavy (non-hydrogen) atoms. The van der Waals surface area contributed by atoms with Gasteiger partial charge in [0.05, 0.1) is 6.10 Å². The topological polar surface area (TPSA) is 73.6 Å². The number of anilines is 1. The molecule has 0 spiro atoms. The molecular formula is C17H22F2N2O3. The zero-order chi connectivity index (χ0) is 17.5. The van der Waals surface area contributed by atoms with Gasteiger partial charge in [-0.15, -0.1) is 0 Å². The number of benzene rings is 1. The van der Waals surface area contributed by atoms with E-state index in [2.05, 4.69) is 10.1 Å². The summed E-state index contributed by atoms with van der Waals surface area (Å²) in [6.45, 7) is 1.63. The summed E-state index contributed by atoms with van der Waals surface area (Å²) in [6, 6.07) is 5.90. The van der Waals surface area contributed by atoms with Gasteiger partial charge in [-0.05, 0) is 25.0 Å². The van der Waals surface area contributed by atoms with Crippen molar-refractivity contribution in [1.82, 2.24) is 0 Å². The van der Waals surface area contributed by atoms with Crippen LogP contribution in [-0.4, -0.2) is 30.8 Å². The van der Waals surface area contributed by atoms with Crippen molar-refractivity contribution in [3.05, 3.63) is 24.3 Å². The summed E-state index contributed by atoms with van der Waals surface area (Å²) >= 11 is 0. The van der Waals surface area contributed by atoms with Crippen LogP contribution >= 0.6 is 0 Å². The third-order valence-corrected chi connectivity index (χ3v) is 5.38. The lowest BCUT2D eigenvalue weighted by molar-refractivity contribution is -0.222. The van der Waals surface area contributed by atoms with E-state index in [0.717, 1.165) is 12.8 Å². The third-order valence-electron chi connectivity index (χ3n) is 5.38. The highest BCUT2D eigenvalue weighted by atomic mass is 19.3. The first-order valence-corrected chi connectivity index (χ1v) is 8.03. The minimum absolute atomic E-state index is 0.0133. The summed E-state index contributed by atoms with van der Waals surface area (Å²) in [5.74, 6) is -0.379. The number of nitrogens with one attached hydrogen (secondary N) is 1. The minimum Gasteiger partial charge on any atom is -0.435 e. The fraction of sp³-hybridized carbons (Fsp3) is 0.588. The second-order valence-corrected chi connectivity index (χ2v) is 6.99. The normalized spacial score (nSPS) is 31.1. The zero-order valence-corrected chi connectivity index (χ0v) is 13.7. The van der Waals surface area contributed by atoms with Gasteiger partial charge >= 0.3 is 6.61 Å². The largest absolute Gasteiger partial charge is 0.435 e. The van der Waals surface area contributed by atoms with Gasteiger partial charge in [-0.25, -0.2) is 0 Å². The molecule has 0 aromatic heterocycles. The van der Waals surface area contributed by atoms with E-state index >= 15 is 0 Å². The highest BCUT2D eigenvalue weighted by Gasteiger charge is 2.70. The molecule has 1 aromatic rings. The maximum atomic E-state index is 12.8. The van der Waals surface area contributed by atoms with Gasteiger partial charge in [-0.3, -0.25) is 4.79 Å². The van der Waals surface area contributed by atoms with E-state index in [1.807, 2.05) is 13.8 Å². The van der Waals surface area contributed by atoms with Crippen molar-refractivity contribution in [1.29, 1.82) is 0 Å². The number of nitrogens with two attached hydrogens (primary N) is 1. The van der Waals surface area contributed by atoms with E-state index in [9.17, 15) is 13.6 Å². The van der Waals surface area contributed by atoms with Crippen molar-refractivity contribution < 1.29 is 23.0 Å². The fourth-order valence-corrected chi connectivity index (χ4v) is 4.02. The van der Waals surface area contributed by atoms with Gasteiger partial charge in [0, 0.05) is 29.7 Å². The average Bonchev–Trinajstić information content (AvgIpc) is 2.53. The molecule has 0 radical (unpaired) electrons. The lowest BCUT2D eigenvalue weighted by Gasteiger charge is -2.65. The molecule has 7 heteroatoms. The monoisotopic (exact) mass is 340 g/mol. The summed E-state index contributed by atoms with van der Waals surface area (Å²) in [5, 5.41) is 2.74. The lowest BCUT2D eigenvalue weighted by Crippen LogP contribution is -2.81. The predicted octanol–water partition coefficient (Wildman–Crippen LogP) is 2.76. The summed E-state index contributed by atoms with van der Waals surface area (Å²) in [6.07, 6.45) is 1.68. The molecule has 0 bridgehead atoms. The van der Waals surface area contributed by atoms with E-state index in [0.29, 0.717) is 12.3 Å². The first kappa shape index (κ1) is 17.1. The molecule has 3 rings (SSSR count). The summed E-state index contributed by atoms with van der Waals surface area (Å²) < 4.78 is 34.8. The number of carbonyl (C=O) groups is 1. The molecular weight excluding hydrogens is 318 g/mol. The maximum Gasteiger partial charge on any atom is 0.387 e. The molecule has 3 unspecified atom stereocenters. The molecule has 1 aliphatic heterocycles. The highest BCUT2D eigenvalue weighted by Crippen LogP contribution is 2.57. The molecule has 1 amide bonds. The van der Waals surface area contributed by atoms with Gasteiger partial charge in [0.2, 0.25) is 5.91 Å². The minimum atomic E-state index is -2.91. The van der Waals surface area contributed by atoms with Crippen LogP contribution in [0.3, 0.4) is 0 Å². The number of amides is 1. The molecule has 2 fully saturated rings. The van der Waals surface area contributed by atoms with Crippen LogP contribution < -0.4 is 15.8 Å². The molecule has 1 saturated heterocycles. The van der Waals surface area contributed by atoms with Crippen LogP contribution in [0.4, 0.5) is 14.5 Å². The van der Waals surface area contributed by atoms with Crippen LogP contribution in [0.5, 0.6) is 5.75 Å². The number of hydrogen-bond donors (Lipinski definition) is 2. The van der Waals surface area contributed by atoms with Gasteiger partial charge in [0.1, 0.15) is 11.3 Å². The Morgan fingerprint density at radius 2 is 2.21 bits per heavy atom. The van der Waals surface area contributed by atoms with Crippen molar-refractivity contribution in [3.63, 3.8) is 0 Å². The molecule has 1 aromatic carbocycles. The van der Waals surface area contributed by atoms with Crippen molar-refractivity contribution >= 4 is 11.6 Å². The van der Waals surface area contributed by atoms with Crippen molar-refractivity contribution in [3.8, 4) is 5.75 Å². The van der Waals surface area contributed by atoms with E-state index in [-0.39, 0.29) is 23.7 Å². The van der Waals surface area contributed by atoms with Crippen LogP contribution in [-0.2, 0) is 9.53 Å². The SMILES string of the molecule is CC1(C)C2OCCCC2C1(N)C(=O)Nc1cccc(OC(F)F)c1. The molecule has 132 valence electrons. The summed E-state index contributed by atoms with van der Waals surface area (Å²) in [5.41, 5.74) is 5.32. The third kappa shape index (κ3) is 2.56. The number of hydrogen-bond acceptors (Lipinski definition) is 4. The molecule has 2 aliphatic rings. The van der Waals surface area contributed by atoms with Crippen LogP contribution in [0, 0.1) is 11.3 Å². The van der Waals surface area contributed by atoms with Gasteiger partial charge in [-0.1, -0.05) is 19.9 Å². The first-order chi connectivity index (χ1) is 11.3. The summed E-state index contributed by atoms with van der Waals surface area (Å²) in [4.78, 5) is 12.8. The van der Waals surface area contributed by atoms with Crippen molar-refractivity contribution in [2.45, 2.75) is 44.9 Å². The van der Waals surface area contributed by atoms with Crippen LogP contribution in [0.2, 0.25) is 0 Å². The van der Waals surface area contributed by atoms with Crippen LogP contribution in [0.15, 0.2) is 24.3 Å². The number of carbonyl (C=O) groups excluding carboxylic acids is 1. The van der Waals surface area contributed by atoms with Gasteiger partial charge < -0.3 is 20.5 Å². The number of fused-ring (bicyclic) bond motifs is 1. The Labute approximate surface area is 139 Å². The summed E-state index contributed by atoms with van der Waals surface area (Å²) in [7, 11) is 0. The number of alkyl halides is 2. The standard InChI is InChI=1S/C17H22F2N2O3/c1-16(2)13-12(7-4-8-23-13)17(16,20)14(22)21-10-5-3-6-11(9-10)24-15(18)19/h3,5-6,9,12-13,15H,4,7-8,20H2,1-2H3,(H,21,22). The Hall–Kier alpha value is -1.73. The van der Waals surface area contributed by atoms with E-state index in [1.54, 1.807) is 6.07 Å². The Morgan fingerprint density at radius 3 is 2.92 bits per heavy atom. The Morgan fingerprint density at radius 1 is 1.46 bits per heavy atom. The lowest BCUT2D eigenvalue weighted by atomic mass is 9.46. The molecule has 1 saturated carbocycles. The number of halogens is 2. The molecule has 1 heterocycles. The second kappa shape index (κ2) is 5.97. The smallest absolute Gasteiger partial charge is 0.387 e. The van der Waals surface area contributed by atoms with E-state index < -0.39 is 17.6 Å². The number of rotatable bonds is 4. The van der Waals surface area contributed by atoms with Crippen LogP contribution in [0.1, 0.15) is 26.7 Å². The molecule has 5 nitrogen and oxygen atoms in total. The molecule has 3 N–H and O–H groups in total. The van der Waals surface area contributed by atoms with E-state index in [4.69, 9.17) is 10.5 Å². The van der Waals surface area contributed by atoms with Crippen LogP contribution in [0.25, 0.3) is 0 Å². The Kier molecular flexibility index (Phi) is 4.25. The van der Waals surface area contributed by atoms with Gasteiger partial charge in [0.25, 0.3) is 0 Å². The number of ether oxygens (including phenoxy) is 2. The first-order valence-electron chi connectivity index (χ1n) is 8.03. The predicted molar refractivity (Wildman–Crippen MR) is 84.9 cm³/mol. The maximum absolute atomic E-state index is 12.8. The van der Waals surface area contributed by atoms with E-state index in [1.165, 1.54) is 18.2 Å². The molecule has 1 aliphatic carbocycles. The Balaban J connectivity index is 1.77.